The van der Waals surface area contributed by atoms with Gasteiger partial charge in [-0.3, -0.25) is 19.0 Å². The molecular formula is C25H23ClN4O3S2. The number of benzene rings is 1. The van der Waals surface area contributed by atoms with Gasteiger partial charge in [0.05, 0.1) is 17.3 Å². The SMILES string of the molecule is Cc1sc2ncn(C(C)C(=O)Nc3sc4c(c3C(N)=O)CCCC4)c(=O)c2c1-c1ccc(Cl)cc1. The van der Waals surface area contributed by atoms with Gasteiger partial charge in [0.15, 0.2) is 0 Å². The van der Waals surface area contributed by atoms with Crippen molar-refractivity contribution in [3.63, 3.8) is 0 Å². The number of aryl methyl sites for hydroxylation is 2. The predicted molar refractivity (Wildman–Crippen MR) is 142 cm³/mol. The Bertz CT molecular complexity index is 1540. The molecular weight excluding hydrogens is 504 g/mol. The van der Waals surface area contributed by atoms with Crippen molar-refractivity contribution in [2.75, 3.05) is 5.32 Å². The van der Waals surface area contributed by atoms with Gasteiger partial charge < -0.3 is 11.1 Å². The van der Waals surface area contributed by atoms with E-state index in [2.05, 4.69) is 10.3 Å². The highest BCUT2D eigenvalue weighted by atomic mass is 35.5. The highest BCUT2D eigenvalue weighted by Crippen LogP contribution is 2.39. The summed E-state index contributed by atoms with van der Waals surface area (Å²) in [6.45, 7) is 3.59. The van der Waals surface area contributed by atoms with Gasteiger partial charge in [0.2, 0.25) is 5.91 Å². The van der Waals surface area contributed by atoms with Crippen molar-refractivity contribution in [1.29, 1.82) is 0 Å². The zero-order chi connectivity index (χ0) is 24.9. The molecule has 1 atom stereocenters. The van der Waals surface area contributed by atoms with Gasteiger partial charge in [0.1, 0.15) is 15.9 Å². The molecule has 0 saturated carbocycles. The number of carbonyl (C=O) groups is 2. The number of nitrogens with zero attached hydrogens (tertiary/aromatic N) is 2. The Morgan fingerprint density at radius 2 is 1.89 bits per heavy atom. The van der Waals surface area contributed by atoms with Gasteiger partial charge in [0, 0.05) is 20.3 Å². The number of anilines is 1. The average Bonchev–Trinajstić information content (AvgIpc) is 3.36. The first-order chi connectivity index (χ1) is 16.8. The normalized spacial score (nSPS) is 14.0. The first-order valence-electron chi connectivity index (χ1n) is 11.3. The van der Waals surface area contributed by atoms with Gasteiger partial charge in [-0.25, -0.2) is 4.98 Å². The first-order valence-corrected chi connectivity index (χ1v) is 13.3. The van der Waals surface area contributed by atoms with Crippen molar-refractivity contribution < 1.29 is 9.59 Å². The molecule has 5 rings (SSSR count). The van der Waals surface area contributed by atoms with Gasteiger partial charge in [-0.2, -0.15) is 0 Å². The Morgan fingerprint density at radius 3 is 2.60 bits per heavy atom. The Morgan fingerprint density at radius 1 is 1.17 bits per heavy atom. The summed E-state index contributed by atoms with van der Waals surface area (Å²) in [5.41, 5.74) is 8.36. The minimum atomic E-state index is -0.850. The summed E-state index contributed by atoms with van der Waals surface area (Å²) in [6, 6.07) is 6.45. The standard InChI is InChI=1S/C25H23ClN4O3S2/c1-12(22(32)29-24-19(21(27)31)16-5-3-4-6-17(16)35-24)30-11-28-23-20(25(30)33)18(13(2)34-23)14-7-9-15(26)10-8-14/h7-12H,3-6H2,1-2H3,(H2,27,31)(H,29,32). The molecule has 0 fully saturated rings. The van der Waals surface area contributed by atoms with E-state index in [0.29, 0.717) is 25.8 Å². The van der Waals surface area contributed by atoms with Crippen molar-refractivity contribution in [2.45, 2.75) is 45.6 Å². The number of carbonyl (C=O) groups excluding carboxylic acids is 2. The van der Waals surface area contributed by atoms with E-state index in [1.54, 1.807) is 19.1 Å². The second kappa shape index (κ2) is 9.22. The molecule has 0 radical (unpaired) electrons. The van der Waals surface area contributed by atoms with E-state index >= 15 is 0 Å². The maximum absolute atomic E-state index is 13.6. The molecule has 180 valence electrons. The van der Waals surface area contributed by atoms with Crippen LogP contribution >= 0.6 is 34.3 Å². The van der Waals surface area contributed by atoms with Crippen molar-refractivity contribution >= 4 is 61.3 Å². The van der Waals surface area contributed by atoms with Crippen LogP contribution < -0.4 is 16.6 Å². The third kappa shape index (κ3) is 4.17. The average molecular weight is 527 g/mol. The second-order valence-electron chi connectivity index (χ2n) is 8.62. The fraction of sp³-hybridized carbons (Fsp3) is 0.280. The summed E-state index contributed by atoms with van der Waals surface area (Å²) < 4.78 is 1.33. The van der Waals surface area contributed by atoms with Crippen LogP contribution in [-0.2, 0) is 17.6 Å². The summed E-state index contributed by atoms with van der Waals surface area (Å²) in [5.74, 6) is -0.955. The van der Waals surface area contributed by atoms with Crippen LogP contribution in [0.25, 0.3) is 21.3 Å². The summed E-state index contributed by atoms with van der Waals surface area (Å²) >= 11 is 8.88. The van der Waals surface area contributed by atoms with E-state index < -0.39 is 17.9 Å². The van der Waals surface area contributed by atoms with Gasteiger partial charge in [-0.05, 0) is 62.8 Å². The molecule has 3 N–H and O–H groups in total. The van der Waals surface area contributed by atoms with E-state index in [1.165, 1.54) is 33.6 Å². The molecule has 4 aromatic rings. The molecule has 0 saturated heterocycles. The number of fused-ring (bicyclic) bond motifs is 2. The smallest absolute Gasteiger partial charge is 0.263 e. The van der Waals surface area contributed by atoms with E-state index in [4.69, 9.17) is 17.3 Å². The number of primary amides is 1. The molecule has 2 amide bonds. The molecule has 0 aliphatic heterocycles. The number of halogens is 1. The van der Waals surface area contributed by atoms with Gasteiger partial charge in [0.25, 0.3) is 11.5 Å². The number of aromatic nitrogens is 2. The number of thiophene rings is 2. The lowest BCUT2D eigenvalue weighted by atomic mass is 9.95. The third-order valence-corrected chi connectivity index (χ3v) is 8.87. The van der Waals surface area contributed by atoms with Crippen LogP contribution in [0.2, 0.25) is 5.02 Å². The number of amides is 2. The van der Waals surface area contributed by atoms with Crippen LogP contribution in [0, 0.1) is 6.92 Å². The highest BCUT2D eigenvalue weighted by molar-refractivity contribution is 7.19. The number of rotatable bonds is 5. The Hall–Kier alpha value is -3.01. The number of hydrogen-bond donors (Lipinski definition) is 2. The zero-order valence-corrected chi connectivity index (χ0v) is 21.6. The van der Waals surface area contributed by atoms with Crippen LogP contribution in [0.15, 0.2) is 35.4 Å². The lowest BCUT2D eigenvalue weighted by Gasteiger charge is -2.15. The van der Waals surface area contributed by atoms with Gasteiger partial charge in [-0.15, -0.1) is 22.7 Å². The number of nitrogens with two attached hydrogens (primary N) is 1. The zero-order valence-electron chi connectivity index (χ0n) is 19.2. The predicted octanol–water partition coefficient (Wildman–Crippen LogP) is 5.33. The van der Waals surface area contributed by atoms with E-state index in [-0.39, 0.29) is 5.56 Å². The first kappa shape index (κ1) is 23.7. The largest absolute Gasteiger partial charge is 0.365 e. The Kier molecular flexibility index (Phi) is 6.25. The Balaban J connectivity index is 1.52. The van der Waals surface area contributed by atoms with Crippen molar-refractivity contribution in [2.24, 2.45) is 5.73 Å². The second-order valence-corrected chi connectivity index (χ2v) is 11.4. The molecule has 7 nitrogen and oxygen atoms in total. The van der Waals surface area contributed by atoms with Crippen molar-refractivity contribution in [3.05, 3.63) is 66.9 Å². The fourth-order valence-corrected chi connectivity index (χ4v) is 7.04. The molecule has 1 aliphatic carbocycles. The number of nitrogens with one attached hydrogen (secondary N) is 1. The monoisotopic (exact) mass is 526 g/mol. The minimum Gasteiger partial charge on any atom is -0.365 e. The molecule has 3 aromatic heterocycles. The minimum absolute atomic E-state index is 0.299. The van der Waals surface area contributed by atoms with Crippen LogP contribution in [0.1, 0.15) is 51.5 Å². The fourth-order valence-electron chi connectivity index (χ4n) is 4.61. The molecule has 1 unspecified atom stereocenters. The molecule has 10 heteroatoms. The summed E-state index contributed by atoms with van der Waals surface area (Å²) in [5, 5.41) is 4.40. The number of hydrogen-bond acceptors (Lipinski definition) is 6. The van der Waals surface area contributed by atoms with Crippen LogP contribution in [0.4, 0.5) is 5.00 Å². The molecule has 0 bridgehead atoms. The molecule has 35 heavy (non-hydrogen) atoms. The topological polar surface area (TPSA) is 107 Å². The lowest BCUT2D eigenvalue weighted by molar-refractivity contribution is -0.118. The maximum atomic E-state index is 13.6. The third-order valence-electron chi connectivity index (χ3n) is 6.40. The van der Waals surface area contributed by atoms with Crippen LogP contribution in [0.3, 0.4) is 0 Å². The van der Waals surface area contributed by atoms with Gasteiger partial charge in [-0.1, -0.05) is 23.7 Å². The van der Waals surface area contributed by atoms with E-state index in [9.17, 15) is 14.4 Å². The van der Waals surface area contributed by atoms with E-state index in [1.807, 2.05) is 19.1 Å². The van der Waals surface area contributed by atoms with Crippen LogP contribution in [-0.4, -0.2) is 21.4 Å². The van der Waals surface area contributed by atoms with Crippen molar-refractivity contribution in [1.82, 2.24) is 9.55 Å². The van der Waals surface area contributed by atoms with Crippen LogP contribution in [0.5, 0.6) is 0 Å². The van der Waals surface area contributed by atoms with E-state index in [0.717, 1.165) is 52.1 Å². The quantitative estimate of drug-likeness (QED) is 0.366. The Labute approximate surface area is 214 Å². The van der Waals surface area contributed by atoms with Gasteiger partial charge >= 0.3 is 0 Å². The highest BCUT2D eigenvalue weighted by Gasteiger charge is 2.27. The van der Waals surface area contributed by atoms with Crippen molar-refractivity contribution in [3.8, 4) is 11.1 Å². The molecule has 1 aliphatic rings. The summed E-state index contributed by atoms with van der Waals surface area (Å²) in [7, 11) is 0. The molecule has 3 heterocycles. The molecule has 0 spiro atoms. The lowest BCUT2D eigenvalue weighted by Crippen LogP contribution is -2.32. The molecule has 1 aromatic carbocycles. The summed E-state index contributed by atoms with van der Waals surface area (Å²) in [4.78, 5) is 46.1. The maximum Gasteiger partial charge on any atom is 0.263 e. The summed E-state index contributed by atoms with van der Waals surface area (Å²) in [6.07, 6.45) is 5.10.